The van der Waals surface area contributed by atoms with E-state index in [1.165, 1.54) is 12.8 Å². The highest BCUT2D eigenvalue weighted by atomic mass is 16.6. The zero-order valence-electron chi connectivity index (χ0n) is 7.63. The van der Waals surface area contributed by atoms with Gasteiger partial charge in [-0.1, -0.05) is 20.3 Å². The molecule has 0 radical (unpaired) electrons. The van der Waals surface area contributed by atoms with Crippen LogP contribution in [0.15, 0.2) is 0 Å². The van der Waals surface area contributed by atoms with Crippen LogP contribution in [0.4, 0.5) is 4.79 Å². The van der Waals surface area contributed by atoms with Gasteiger partial charge in [-0.3, -0.25) is 0 Å². The first-order valence-corrected chi connectivity index (χ1v) is 4.02. The number of rotatable bonds is 2. The van der Waals surface area contributed by atoms with Crippen molar-refractivity contribution in [1.82, 2.24) is 0 Å². The molecule has 12 heavy (non-hydrogen) atoms. The van der Waals surface area contributed by atoms with Gasteiger partial charge in [0.2, 0.25) is 0 Å². The molecule has 3 nitrogen and oxygen atoms in total. The maximum absolute atomic E-state index is 8.56. The van der Waals surface area contributed by atoms with Crippen molar-refractivity contribution in [3.8, 4) is 11.8 Å². The van der Waals surface area contributed by atoms with Gasteiger partial charge in [0.05, 0.1) is 0 Å². The first-order valence-electron chi connectivity index (χ1n) is 4.02. The molecule has 2 N–H and O–H groups in total. The predicted molar refractivity (Wildman–Crippen MR) is 48.2 cm³/mol. The SMILES string of the molecule is CCC#CCCCC.O=C(O)O. The van der Waals surface area contributed by atoms with Crippen LogP contribution in [0.5, 0.6) is 0 Å². The molecule has 0 aliphatic rings. The van der Waals surface area contributed by atoms with Crippen LogP contribution in [0.25, 0.3) is 0 Å². The second-order valence-electron chi connectivity index (χ2n) is 2.09. The van der Waals surface area contributed by atoms with Crippen molar-refractivity contribution in [1.29, 1.82) is 0 Å². The monoisotopic (exact) mass is 172 g/mol. The Bertz CT molecular complexity index is 149. The zero-order valence-corrected chi connectivity index (χ0v) is 7.63. The number of unbranched alkanes of at least 4 members (excludes halogenated alkanes) is 2. The minimum absolute atomic E-state index is 1.00. The van der Waals surface area contributed by atoms with Crippen molar-refractivity contribution < 1.29 is 15.0 Å². The third-order valence-corrected chi connectivity index (χ3v) is 0.957. The van der Waals surface area contributed by atoms with Crippen molar-refractivity contribution in [2.75, 3.05) is 0 Å². The fourth-order valence-electron chi connectivity index (χ4n) is 0.479. The lowest BCUT2D eigenvalue weighted by Gasteiger charge is -1.81. The van der Waals surface area contributed by atoms with Gasteiger partial charge in [0.1, 0.15) is 0 Å². The van der Waals surface area contributed by atoms with Crippen molar-refractivity contribution >= 4 is 6.16 Å². The lowest BCUT2D eigenvalue weighted by Crippen LogP contribution is -1.81. The number of hydrogen-bond acceptors (Lipinski definition) is 1. The first kappa shape index (κ1) is 13.4. The van der Waals surface area contributed by atoms with E-state index in [-0.39, 0.29) is 0 Å². The summed E-state index contributed by atoms with van der Waals surface area (Å²) in [5.41, 5.74) is 0. The maximum atomic E-state index is 8.56. The molecule has 0 amide bonds. The third kappa shape index (κ3) is 36.9. The molecule has 70 valence electrons. The Kier molecular flexibility index (Phi) is 14.0. The molecule has 0 aromatic carbocycles. The van der Waals surface area contributed by atoms with Gasteiger partial charge in [0.25, 0.3) is 0 Å². The van der Waals surface area contributed by atoms with Crippen LogP contribution < -0.4 is 0 Å². The maximum Gasteiger partial charge on any atom is 0.503 e. The molecule has 0 saturated heterocycles. The van der Waals surface area contributed by atoms with E-state index in [0.717, 1.165) is 12.8 Å². The van der Waals surface area contributed by atoms with Crippen molar-refractivity contribution in [2.24, 2.45) is 0 Å². The summed E-state index contributed by atoms with van der Waals surface area (Å²) < 4.78 is 0. The van der Waals surface area contributed by atoms with E-state index in [1.807, 2.05) is 0 Å². The van der Waals surface area contributed by atoms with Gasteiger partial charge >= 0.3 is 6.16 Å². The number of hydrogen-bond donors (Lipinski definition) is 2. The largest absolute Gasteiger partial charge is 0.503 e. The third-order valence-electron chi connectivity index (χ3n) is 0.957. The van der Waals surface area contributed by atoms with Crippen LogP contribution in [-0.4, -0.2) is 16.4 Å². The number of carbonyl (C=O) groups is 1. The predicted octanol–water partition coefficient (Wildman–Crippen LogP) is 2.81. The van der Waals surface area contributed by atoms with Gasteiger partial charge in [-0.25, -0.2) is 4.79 Å². The lowest BCUT2D eigenvalue weighted by atomic mass is 10.2. The van der Waals surface area contributed by atoms with Crippen molar-refractivity contribution in [3.63, 3.8) is 0 Å². The van der Waals surface area contributed by atoms with Crippen molar-refractivity contribution in [2.45, 2.75) is 39.5 Å². The summed E-state index contributed by atoms with van der Waals surface area (Å²) in [4.78, 5) is 8.56. The van der Waals surface area contributed by atoms with Crippen LogP contribution in [0, 0.1) is 11.8 Å². The highest BCUT2D eigenvalue weighted by Gasteiger charge is 1.73. The Labute approximate surface area is 73.4 Å². The average Bonchev–Trinajstić information content (AvgIpc) is 1.97. The van der Waals surface area contributed by atoms with Gasteiger partial charge in [0.15, 0.2) is 0 Å². The average molecular weight is 172 g/mol. The van der Waals surface area contributed by atoms with E-state index in [0.29, 0.717) is 0 Å². The first-order chi connectivity index (χ1) is 5.65. The minimum atomic E-state index is -1.83. The van der Waals surface area contributed by atoms with Crippen LogP contribution in [0.2, 0.25) is 0 Å². The van der Waals surface area contributed by atoms with Crippen LogP contribution in [0.1, 0.15) is 39.5 Å². The molecular weight excluding hydrogens is 156 g/mol. The van der Waals surface area contributed by atoms with Crippen LogP contribution in [0.3, 0.4) is 0 Å². The van der Waals surface area contributed by atoms with Crippen LogP contribution in [-0.2, 0) is 0 Å². The molecule has 0 bridgehead atoms. The fraction of sp³-hybridized carbons (Fsp3) is 0.667. The molecule has 0 aliphatic carbocycles. The summed E-state index contributed by atoms with van der Waals surface area (Å²) in [5.74, 6) is 6.12. The summed E-state index contributed by atoms with van der Waals surface area (Å²) in [6.07, 6.45) is 2.78. The highest BCUT2D eigenvalue weighted by Crippen LogP contribution is 1.90. The van der Waals surface area contributed by atoms with Gasteiger partial charge in [0, 0.05) is 12.8 Å². The highest BCUT2D eigenvalue weighted by molar-refractivity contribution is 5.53. The molecule has 0 spiro atoms. The Morgan fingerprint density at radius 3 is 2.08 bits per heavy atom. The second kappa shape index (κ2) is 12.5. The summed E-state index contributed by atoms with van der Waals surface area (Å²) in [5, 5.41) is 13.9. The molecule has 0 fully saturated rings. The van der Waals surface area contributed by atoms with E-state index in [2.05, 4.69) is 25.7 Å². The summed E-state index contributed by atoms with van der Waals surface area (Å²) in [6, 6.07) is 0. The molecule has 3 heteroatoms. The topological polar surface area (TPSA) is 57.5 Å². The Morgan fingerprint density at radius 2 is 1.75 bits per heavy atom. The van der Waals surface area contributed by atoms with Crippen molar-refractivity contribution in [3.05, 3.63) is 0 Å². The van der Waals surface area contributed by atoms with Gasteiger partial charge in [-0.05, 0) is 6.42 Å². The summed E-state index contributed by atoms with van der Waals surface area (Å²) in [7, 11) is 0. The molecule has 0 heterocycles. The molecule has 0 aromatic rings. The summed E-state index contributed by atoms with van der Waals surface area (Å²) in [6.45, 7) is 4.27. The number of carboxylic acid groups (broad SMARTS) is 2. The molecule has 0 aromatic heterocycles. The van der Waals surface area contributed by atoms with Gasteiger partial charge < -0.3 is 10.2 Å². The van der Waals surface area contributed by atoms with Crippen LogP contribution >= 0.6 is 0 Å². The standard InChI is InChI=1S/C8H14.CH2O3/c1-3-5-7-8-6-4-2;2-1(3)4/h3-5,7H2,1-2H3;(H2,2,3,4). The Hall–Kier alpha value is -1.17. The molecule has 0 unspecified atom stereocenters. The fourth-order valence-corrected chi connectivity index (χ4v) is 0.479. The molecule has 0 aliphatic heterocycles. The van der Waals surface area contributed by atoms with Gasteiger partial charge in [-0.2, -0.15) is 0 Å². The molecular formula is C9H16O3. The van der Waals surface area contributed by atoms with E-state index in [1.54, 1.807) is 0 Å². The molecule has 0 atom stereocenters. The van der Waals surface area contributed by atoms with Gasteiger partial charge in [-0.15, -0.1) is 11.8 Å². The normalized spacial score (nSPS) is 7.17. The Balaban J connectivity index is 0. The minimum Gasteiger partial charge on any atom is -0.450 e. The summed E-state index contributed by atoms with van der Waals surface area (Å²) >= 11 is 0. The smallest absolute Gasteiger partial charge is 0.450 e. The lowest BCUT2D eigenvalue weighted by molar-refractivity contribution is 0.137. The quantitative estimate of drug-likeness (QED) is 0.497. The zero-order chi connectivity index (χ0) is 9.82. The van der Waals surface area contributed by atoms with E-state index in [9.17, 15) is 0 Å². The van der Waals surface area contributed by atoms with E-state index >= 15 is 0 Å². The molecule has 0 saturated carbocycles. The Morgan fingerprint density at radius 1 is 1.25 bits per heavy atom. The molecule has 0 rings (SSSR count). The van der Waals surface area contributed by atoms with E-state index < -0.39 is 6.16 Å². The van der Waals surface area contributed by atoms with E-state index in [4.69, 9.17) is 15.0 Å². The second-order valence-corrected chi connectivity index (χ2v) is 2.09.